The Kier molecular flexibility index (Phi) is 77.9. The van der Waals surface area contributed by atoms with Gasteiger partial charge in [0.05, 0.1) is 6.54 Å². The van der Waals surface area contributed by atoms with Crippen molar-refractivity contribution >= 4 is 77.5 Å². The van der Waals surface area contributed by atoms with Crippen molar-refractivity contribution in [1.82, 2.24) is 0 Å². The van der Waals surface area contributed by atoms with Gasteiger partial charge >= 0.3 is 65.1 Å². The average Bonchev–Trinajstić information content (AvgIpc) is 1.38. The summed E-state index contributed by atoms with van der Waals surface area (Å²) in [5, 5.41) is 7.60. The van der Waals surface area contributed by atoms with Gasteiger partial charge in [0.2, 0.25) is 0 Å². The summed E-state index contributed by atoms with van der Waals surface area (Å²) in [5.74, 6) is -0.968. The van der Waals surface area contributed by atoms with Crippen LogP contribution in [0.25, 0.3) is 0 Å². The van der Waals surface area contributed by atoms with E-state index in [2.05, 4.69) is 5.73 Å². The third-order valence-corrected chi connectivity index (χ3v) is 0.175. The van der Waals surface area contributed by atoms with E-state index in [9.17, 15) is 4.79 Å². The summed E-state index contributed by atoms with van der Waals surface area (Å²) < 4.78 is 0. The van der Waals surface area contributed by atoms with E-state index in [1.165, 1.54) is 0 Å². The summed E-state index contributed by atoms with van der Waals surface area (Å²) in [7, 11) is 0. The van der Waals surface area contributed by atoms with Crippen molar-refractivity contribution in [2.45, 2.75) is 0 Å². The van der Waals surface area contributed by atoms with Gasteiger partial charge < -0.3 is 16.3 Å². The molecule has 7 heteroatoms. The van der Waals surface area contributed by atoms with Crippen molar-refractivity contribution in [3.63, 3.8) is 0 Å². The number of rotatable bonds is 1. The zero-order valence-corrected chi connectivity index (χ0v) is 4.36. The van der Waals surface area contributed by atoms with Crippen molar-refractivity contribution in [3.05, 3.63) is 0 Å². The molecule has 0 aliphatic rings. The molecule has 0 bridgehead atoms. The van der Waals surface area contributed by atoms with E-state index in [0.29, 0.717) is 0 Å². The summed E-state index contributed by atoms with van der Waals surface area (Å²) in [5.41, 5.74) is 4.57. The fraction of sp³-hybridized carbons (Fsp3) is 0.500. The van der Waals surface area contributed by atoms with Crippen LogP contribution in [0.3, 0.4) is 0 Å². The van der Waals surface area contributed by atoms with E-state index in [4.69, 9.17) is 5.11 Å². The second kappa shape index (κ2) is 22.6. The molecule has 0 radical (unpaired) electrons. The van der Waals surface area contributed by atoms with Gasteiger partial charge in [0.15, 0.2) is 0 Å². The van der Waals surface area contributed by atoms with Gasteiger partial charge in [0.1, 0.15) is 0 Å². The van der Waals surface area contributed by atoms with Crippen LogP contribution < -0.4 is 5.73 Å². The molecular formula is C2H10ClNNa2O3. The first-order valence-corrected chi connectivity index (χ1v) is 1.19. The van der Waals surface area contributed by atoms with Crippen LogP contribution in [0.5, 0.6) is 0 Å². The minimum atomic E-state index is -0.968. The van der Waals surface area contributed by atoms with Crippen LogP contribution in [0.15, 0.2) is 0 Å². The molecule has 0 aromatic heterocycles. The van der Waals surface area contributed by atoms with Gasteiger partial charge in [-0.25, -0.2) is 0 Å². The maximum absolute atomic E-state index is 9.24. The molecule has 0 rings (SSSR count). The third-order valence-electron chi connectivity index (χ3n) is 0.175. The number of carboxylic acid groups (broad SMARTS) is 1. The SMILES string of the molecule is Cl.NCC(=O)O.O.[NaH].[NaH]. The first-order valence-electron chi connectivity index (χ1n) is 1.19. The van der Waals surface area contributed by atoms with Gasteiger partial charge in [-0.3, -0.25) is 4.79 Å². The van der Waals surface area contributed by atoms with Crippen LogP contribution in [0.4, 0.5) is 0 Å². The summed E-state index contributed by atoms with van der Waals surface area (Å²) >= 11 is 0. The molecule has 0 saturated heterocycles. The Morgan fingerprint density at radius 2 is 1.56 bits per heavy atom. The normalized spacial score (nSPS) is 4.11. The van der Waals surface area contributed by atoms with E-state index >= 15 is 0 Å². The monoisotopic (exact) mass is 177 g/mol. The Bertz CT molecular complexity index is 55.1. The second-order valence-corrected chi connectivity index (χ2v) is 0.598. The summed E-state index contributed by atoms with van der Waals surface area (Å²) in [6, 6.07) is 0. The maximum atomic E-state index is 9.24. The molecule has 50 valence electrons. The molecule has 9 heavy (non-hydrogen) atoms. The van der Waals surface area contributed by atoms with Gasteiger partial charge in [-0.15, -0.1) is 12.4 Å². The fourth-order valence-corrected chi connectivity index (χ4v) is 0. The molecule has 0 aliphatic carbocycles. The average molecular weight is 178 g/mol. The second-order valence-electron chi connectivity index (χ2n) is 0.598. The van der Waals surface area contributed by atoms with E-state index in [0.717, 1.165) is 0 Å². The Hall–Kier alpha value is 1.68. The van der Waals surface area contributed by atoms with Crippen LogP contribution in [-0.2, 0) is 4.79 Å². The van der Waals surface area contributed by atoms with Gasteiger partial charge in [-0.2, -0.15) is 0 Å². The molecular weight excluding hydrogens is 167 g/mol. The number of carboxylic acids is 1. The van der Waals surface area contributed by atoms with Crippen molar-refractivity contribution < 1.29 is 15.4 Å². The van der Waals surface area contributed by atoms with Crippen LogP contribution in [0.1, 0.15) is 0 Å². The van der Waals surface area contributed by atoms with Gasteiger partial charge in [-0.05, 0) is 0 Å². The number of halogens is 1. The molecule has 0 amide bonds. The van der Waals surface area contributed by atoms with Crippen LogP contribution in [0.2, 0.25) is 0 Å². The third kappa shape index (κ3) is 42.2. The Balaban J connectivity index is -0.0000000133. The Labute approximate surface area is 104 Å². The predicted octanol–water partition coefficient (Wildman–Crippen LogP) is -2.67. The zero-order chi connectivity index (χ0) is 4.28. The molecule has 4 nitrogen and oxygen atoms in total. The van der Waals surface area contributed by atoms with Crippen LogP contribution in [0, 0.1) is 0 Å². The van der Waals surface area contributed by atoms with Gasteiger partial charge in [0.25, 0.3) is 0 Å². The minimum absolute atomic E-state index is 0. The van der Waals surface area contributed by atoms with Gasteiger partial charge in [-0.1, -0.05) is 0 Å². The van der Waals surface area contributed by atoms with E-state index < -0.39 is 5.97 Å². The first kappa shape index (κ1) is 31.0. The van der Waals surface area contributed by atoms with E-state index in [-0.39, 0.29) is 83.5 Å². The molecule has 0 saturated carbocycles. The first-order chi connectivity index (χ1) is 2.27. The summed E-state index contributed by atoms with van der Waals surface area (Å²) in [6.45, 7) is -0.278. The summed E-state index contributed by atoms with van der Waals surface area (Å²) in [4.78, 5) is 9.24. The van der Waals surface area contributed by atoms with Crippen molar-refractivity contribution in [2.75, 3.05) is 6.54 Å². The molecule has 0 aromatic rings. The fourth-order valence-electron chi connectivity index (χ4n) is 0. The van der Waals surface area contributed by atoms with Crippen molar-refractivity contribution in [1.29, 1.82) is 0 Å². The molecule has 0 fully saturated rings. The topological polar surface area (TPSA) is 94.8 Å². The molecule has 0 aliphatic heterocycles. The van der Waals surface area contributed by atoms with Gasteiger partial charge in [0, 0.05) is 0 Å². The van der Waals surface area contributed by atoms with Crippen LogP contribution in [-0.4, -0.2) is 82.2 Å². The van der Waals surface area contributed by atoms with E-state index in [1.54, 1.807) is 0 Å². The summed E-state index contributed by atoms with van der Waals surface area (Å²) in [6.07, 6.45) is 0. The number of hydrogen-bond acceptors (Lipinski definition) is 2. The molecule has 0 atom stereocenters. The standard InChI is InChI=1S/C2H5NO2.ClH.2Na.H2O.2H/c3-1-2(4)5;;;;;;/h1,3H2,(H,4,5);1H;;;1H2;;. The Morgan fingerprint density at radius 1 is 1.44 bits per heavy atom. The zero-order valence-electron chi connectivity index (χ0n) is 3.55. The number of nitrogens with two attached hydrogens (primary N) is 1. The number of aliphatic carboxylic acids is 1. The molecule has 0 aromatic carbocycles. The molecule has 0 spiro atoms. The quantitative estimate of drug-likeness (QED) is 0.428. The molecule has 0 heterocycles. The number of carbonyl (C=O) groups is 1. The van der Waals surface area contributed by atoms with Crippen molar-refractivity contribution in [2.24, 2.45) is 5.73 Å². The number of hydrogen-bond donors (Lipinski definition) is 2. The van der Waals surface area contributed by atoms with Crippen LogP contribution >= 0.6 is 12.4 Å². The van der Waals surface area contributed by atoms with Crippen molar-refractivity contribution in [3.8, 4) is 0 Å². The predicted molar refractivity (Wildman–Crippen MR) is 41.9 cm³/mol. The Morgan fingerprint density at radius 3 is 1.56 bits per heavy atom. The molecule has 5 N–H and O–H groups in total. The molecule has 0 unspecified atom stereocenters. The van der Waals surface area contributed by atoms with E-state index in [1.807, 2.05) is 0 Å².